The molecule has 0 radical (unpaired) electrons. The third-order valence-corrected chi connectivity index (χ3v) is 1.73. The van der Waals surface area contributed by atoms with Gasteiger partial charge in [0.25, 0.3) is 5.69 Å². The summed E-state index contributed by atoms with van der Waals surface area (Å²) < 4.78 is 5.26. The highest BCUT2D eigenvalue weighted by Gasteiger charge is 2.05. The van der Waals surface area contributed by atoms with E-state index >= 15 is 0 Å². The molecule has 0 spiro atoms. The Kier molecular flexibility index (Phi) is 4.28. The topological polar surface area (TPSA) is 65.3 Å². The second-order valence-corrected chi connectivity index (χ2v) is 2.89. The summed E-state index contributed by atoms with van der Waals surface area (Å²) in [6, 6.07) is 2.86. The SMILES string of the molecule is C=CCCCOc1ccc([N+](=O)[O-])cn1. The highest BCUT2D eigenvalue weighted by Crippen LogP contribution is 2.13. The van der Waals surface area contributed by atoms with E-state index in [4.69, 9.17) is 4.74 Å². The van der Waals surface area contributed by atoms with Gasteiger partial charge in [0.15, 0.2) is 0 Å². The molecule has 5 heteroatoms. The quantitative estimate of drug-likeness (QED) is 0.311. The monoisotopic (exact) mass is 208 g/mol. The lowest BCUT2D eigenvalue weighted by atomic mass is 10.3. The molecule has 0 aromatic carbocycles. The first-order chi connectivity index (χ1) is 7.24. The standard InChI is InChI=1S/C10H12N2O3/c1-2-3-4-7-15-10-6-5-9(8-11-10)12(13)14/h2,5-6,8H,1,3-4,7H2. The highest BCUT2D eigenvalue weighted by molar-refractivity contribution is 5.28. The minimum atomic E-state index is -0.492. The molecule has 1 aromatic rings. The Balaban J connectivity index is 2.42. The lowest BCUT2D eigenvalue weighted by molar-refractivity contribution is -0.385. The number of ether oxygens (including phenoxy) is 1. The molecule has 0 N–H and O–H groups in total. The van der Waals surface area contributed by atoms with E-state index in [1.54, 1.807) is 0 Å². The van der Waals surface area contributed by atoms with Gasteiger partial charge in [-0.25, -0.2) is 4.98 Å². The molecule has 5 nitrogen and oxygen atoms in total. The van der Waals surface area contributed by atoms with E-state index in [2.05, 4.69) is 11.6 Å². The van der Waals surface area contributed by atoms with Crippen LogP contribution in [0.1, 0.15) is 12.8 Å². The predicted molar refractivity (Wildman–Crippen MR) is 55.8 cm³/mol. The third-order valence-electron chi connectivity index (χ3n) is 1.73. The van der Waals surface area contributed by atoms with E-state index in [1.165, 1.54) is 18.3 Å². The van der Waals surface area contributed by atoms with E-state index in [0.717, 1.165) is 12.8 Å². The fraction of sp³-hybridized carbons (Fsp3) is 0.300. The van der Waals surface area contributed by atoms with Crippen molar-refractivity contribution in [2.45, 2.75) is 12.8 Å². The lowest BCUT2D eigenvalue weighted by Gasteiger charge is -2.02. The van der Waals surface area contributed by atoms with Crippen LogP contribution in [0.2, 0.25) is 0 Å². The molecule has 80 valence electrons. The molecule has 0 aliphatic rings. The van der Waals surface area contributed by atoms with Crippen LogP contribution in [0.25, 0.3) is 0 Å². The van der Waals surface area contributed by atoms with Crippen LogP contribution in [0.15, 0.2) is 31.0 Å². The van der Waals surface area contributed by atoms with Crippen molar-refractivity contribution in [3.8, 4) is 5.88 Å². The van der Waals surface area contributed by atoms with Gasteiger partial charge >= 0.3 is 0 Å². The molecule has 0 atom stereocenters. The number of aromatic nitrogens is 1. The average molecular weight is 208 g/mol. The molecule has 1 rings (SSSR count). The van der Waals surface area contributed by atoms with Crippen molar-refractivity contribution in [1.29, 1.82) is 0 Å². The van der Waals surface area contributed by atoms with Crippen LogP contribution in [0.5, 0.6) is 5.88 Å². The molecule has 0 aliphatic carbocycles. The summed E-state index contributed by atoms with van der Waals surface area (Å²) >= 11 is 0. The number of pyridine rings is 1. The van der Waals surface area contributed by atoms with E-state index in [-0.39, 0.29) is 5.69 Å². The van der Waals surface area contributed by atoms with Crippen LogP contribution < -0.4 is 4.74 Å². The molecule has 15 heavy (non-hydrogen) atoms. The van der Waals surface area contributed by atoms with E-state index in [0.29, 0.717) is 12.5 Å². The normalized spacial score (nSPS) is 9.60. The highest BCUT2D eigenvalue weighted by atomic mass is 16.6. The van der Waals surface area contributed by atoms with Crippen LogP contribution in [-0.4, -0.2) is 16.5 Å². The number of allylic oxidation sites excluding steroid dienone is 1. The summed E-state index contributed by atoms with van der Waals surface area (Å²) in [4.78, 5) is 13.6. The van der Waals surface area contributed by atoms with Gasteiger partial charge in [0.1, 0.15) is 6.20 Å². The third kappa shape index (κ3) is 3.76. The molecule has 0 unspecified atom stereocenters. The minimum Gasteiger partial charge on any atom is -0.478 e. The molecule has 0 aliphatic heterocycles. The first-order valence-corrected chi connectivity index (χ1v) is 4.58. The van der Waals surface area contributed by atoms with Crippen molar-refractivity contribution >= 4 is 5.69 Å². The van der Waals surface area contributed by atoms with Gasteiger partial charge in [-0.1, -0.05) is 6.08 Å². The molecule has 0 amide bonds. The van der Waals surface area contributed by atoms with Gasteiger partial charge in [0.2, 0.25) is 5.88 Å². The number of hydrogen-bond acceptors (Lipinski definition) is 4. The minimum absolute atomic E-state index is 0.0339. The summed E-state index contributed by atoms with van der Waals surface area (Å²) in [5.74, 6) is 0.407. The number of nitrogens with zero attached hydrogens (tertiary/aromatic N) is 2. The van der Waals surface area contributed by atoms with Crippen LogP contribution in [0.4, 0.5) is 5.69 Å². The Morgan fingerprint density at radius 2 is 2.40 bits per heavy atom. The number of hydrogen-bond donors (Lipinski definition) is 0. The molecule has 0 fully saturated rings. The molecular weight excluding hydrogens is 196 g/mol. The zero-order valence-corrected chi connectivity index (χ0v) is 8.26. The van der Waals surface area contributed by atoms with Gasteiger partial charge in [-0.15, -0.1) is 6.58 Å². The van der Waals surface area contributed by atoms with Gasteiger partial charge in [0, 0.05) is 12.1 Å². The van der Waals surface area contributed by atoms with E-state index < -0.39 is 4.92 Å². The molecule has 1 aromatic heterocycles. The largest absolute Gasteiger partial charge is 0.478 e. The maximum Gasteiger partial charge on any atom is 0.287 e. The van der Waals surface area contributed by atoms with Gasteiger partial charge in [-0.05, 0) is 12.8 Å². The van der Waals surface area contributed by atoms with Crippen LogP contribution >= 0.6 is 0 Å². The van der Waals surface area contributed by atoms with Crippen molar-refractivity contribution in [2.24, 2.45) is 0 Å². The molecular formula is C10H12N2O3. The molecule has 0 saturated heterocycles. The Morgan fingerprint density at radius 1 is 1.60 bits per heavy atom. The van der Waals surface area contributed by atoms with Crippen molar-refractivity contribution in [2.75, 3.05) is 6.61 Å². The second-order valence-electron chi connectivity index (χ2n) is 2.89. The van der Waals surface area contributed by atoms with Crippen molar-refractivity contribution in [1.82, 2.24) is 4.98 Å². The average Bonchev–Trinajstić information content (AvgIpc) is 2.25. The zero-order chi connectivity index (χ0) is 11.1. The Bertz CT molecular complexity index is 335. The zero-order valence-electron chi connectivity index (χ0n) is 8.26. The number of unbranched alkanes of at least 4 members (excludes halogenated alkanes) is 1. The predicted octanol–water partition coefficient (Wildman–Crippen LogP) is 2.33. The van der Waals surface area contributed by atoms with E-state index in [1.807, 2.05) is 6.08 Å². The van der Waals surface area contributed by atoms with Gasteiger partial charge in [0.05, 0.1) is 11.5 Å². The smallest absolute Gasteiger partial charge is 0.287 e. The fourth-order valence-corrected chi connectivity index (χ4v) is 0.970. The van der Waals surface area contributed by atoms with Crippen molar-refractivity contribution in [3.63, 3.8) is 0 Å². The van der Waals surface area contributed by atoms with Crippen molar-refractivity contribution < 1.29 is 9.66 Å². The first-order valence-electron chi connectivity index (χ1n) is 4.58. The Morgan fingerprint density at radius 3 is 2.93 bits per heavy atom. The summed E-state index contributed by atoms with van der Waals surface area (Å²) in [6.07, 6.45) is 4.74. The van der Waals surface area contributed by atoms with Crippen LogP contribution in [-0.2, 0) is 0 Å². The lowest BCUT2D eigenvalue weighted by Crippen LogP contribution is -1.98. The van der Waals surface area contributed by atoms with E-state index in [9.17, 15) is 10.1 Å². The molecule has 0 saturated carbocycles. The van der Waals surface area contributed by atoms with Crippen molar-refractivity contribution in [3.05, 3.63) is 41.1 Å². The Labute approximate surface area is 87.6 Å². The summed E-state index contributed by atoms with van der Waals surface area (Å²) in [5, 5.41) is 10.3. The first kappa shape index (κ1) is 11.2. The summed E-state index contributed by atoms with van der Waals surface area (Å²) in [6.45, 7) is 4.13. The molecule has 1 heterocycles. The summed E-state index contributed by atoms with van der Waals surface area (Å²) in [5.41, 5.74) is -0.0339. The second kappa shape index (κ2) is 5.74. The van der Waals surface area contributed by atoms with Gasteiger partial charge in [-0.3, -0.25) is 10.1 Å². The van der Waals surface area contributed by atoms with Gasteiger partial charge < -0.3 is 4.74 Å². The van der Waals surface area contributed by atoms with Crippen LogP contribution in [0, 0.1) is 10.1 Å². The maximum absolute atomic E-state index is 10.3. The number of nitro groups is 1. The maximum atomic E-state index is 10.3. The van der Waals surface area contributed by atoms with Crippen LogP contribution in [0.3, 0.4) is 0 Å². The Hall–Kier alpha value is -1.91. The number of rotatable bonds is 6. The molecule has 0 bridgehead atoms. The summed E-state index contributed by atoms with van der Waals surface area (Å²) in [7, 11) is 0. The van der Waals surface area contributed by atoms with Gasteiger partial charge in [-0.2, -0.15) is 0 Å². The fourth-order valence-electron chi connectivity index (χ4n) is 0.970.